The molecule has 0 aliphatic carbocycles. The van der Waals surface area contributed by atoms with Crippen molar-refractivity contribution in [3.8, 4) is 0 Å². The summed E-state index contributed by atoms with van der Waals surface area (Å²) in [5.74, 6) is -0.291. The Morgan fingerprint density at radius 3 is 2.67 bits per heavy atom. The van der Waals surface area contributed by atoms with E-state index in [-0.39, 0.29) is 12.4 Å². The lowest BCUT2D eigenvalue weighted by Crippen LogP contribution is -2.05. The van der Waals surface area contributed by atoms with Crippen LogP contribution in [-0.4, -0.2) is 23.0 Å². The van der Waals surface area contributed by atoms with Crippen LogP contribution in [0.1, 0.15) is 5.56 Å². The molecule has 0 aromatic carbocycles. The fourth-order valence-corrected chi connectivity index (χ4v) is 0.874. The Bertz CT molecular complexity index is 273. The zero-order chi connectivity index (χ0) is 8.97. The molecule has 1 rings (SSSR count). The molecule has 12 heavy (non-hydrogen) atoms. The number of carbonyl (C=O) groups excluding carboxylic acids is 1. The van der Waals surface area contributed by atoms with Crippen LogP contribution >= 0.6 is 15.9 Å². The largest absolute Gasteiger partial charge is 0.469 e. The van der Waals surface area contributed by atoms with Crippen molar-refractivity contribution >= 4 is 21.9 Å². The summed E-state index contributed by atoms with van der Waals surface area (Å²) in [4.78, 5) is 18.5. The van der Waals surface area contributed by atoms with Gasteiger partial charge in [0.05, 0.1) is 13.5 Å². The average molecular weight is 231 g/mol. The summed E-state index contributed by atoms with van der Waals surface area (Å²) in [5.41, 5.74) is 0.741. The standard InChI is InChI=1S/C7H7BrN2O2/c1-12-6(11)2-5-3-9-7(8)10-4-5/h3-4H,2H2,1H3. The van der Waals surface area contributed by atoms with E-state index < -0.39 is 0 Å². The van der Waals surface area contributed by atoms with Crippen LogP contribution in [0.25, 0.3) is 0 Å². The van der Waals surface area contributed by atoms with Crippen LogP contribution in [0.3, 0.4) is 0 Å². The lowest BCUT2D eigenvalue weighted by atomic mass is 10.2. The molecule has 5 heteroatoms. The van der Waals surface area contributed by atoms with Gasteiger partial charge in [-0.15, -0.1) is 0 Å². The van der Waals surface area contributed by atoms with Gasteiger partial charge in [-0.25, -0.2) is 9.97 Å². The second kappa shape index (κ2) is 4.15. The number of aromatic nitrogens is 2. The maximum Gasteiger partial charge on any atom is 0.310 e. The molecular weight excluding hydrogens is 224 g/mol. The molecule has 4 nitrogen and oxygen atoms in total. The van der Waals surface area contributed by atoms with Crippen LogP contribution in [0.4, 0.5) is 0 Å². The van der Waals surface area contributed by atoms with Gasteiger partial charge in [-0.2, -0.15) is 0 Å². The fraction of sp³-hybridized carbons (Fsp3) is 0.286. The van der Waals surface area contributed by atoms with Gasteiger partial charge in [0.2, 0.25) is 0 Å². The van der Waals surface area contributed by atoms with Gasteiger partial charge in [-0.3, -0.25) is 4.79 Å². The number of carbonyl (C=O) groups is 1. The molecule has 1 heterocycles. The van der Waals surface area contributed by atoms with Crippen LogP contribution in [0.2, 0.25) is 0 Å². The third-order valence-corrected chi connectivity index (χ3v) is 1.66. The summed E-state index contributed by atoms with van der Waals surface area (Å²) in [6.45, 7) is 0. The minimum Gasteiger partial charge on any atom is -0.469 e. The van der Waals surface area contributed by atoms with E-state index >= 15 is 0 Å². The monoisotopic (exact) mass is 230 g/mol. The Hall–Kier alpha value is -0.970. The molecule has 64 valence electrons. The van der Waals surface area contributed by atoms with Gasteiger partial charge in [0.1, 0.15) is 0 Å². The second-order valence-electron chi connectivity index (χ2n) is 2.11. The third-order valence-electron chi connectivity index (χ3n) is 1.25. The van der Waals surface area contributed by atoms with Crippen LogP contribution in [-0.2, 0) is 16.0 Å². The lowest BCUT2D eigenvalue weighted by Gasteiger charge is -1.97. The average Bonchev–Trinajstić information content (AvgIpc) is 2.09. The fourth-order valence-electron chi connectivity index (χ4n) is 0.669. The molecule has 0 saturated carbocycles. The third kappa shape index (κ3) is 2.58. The highest BCUT2D eigenvalue weighted by Crippen LogP contribution is 2.02. The minimum atomic E-state index is -0.291. The quantitative estimate of drug-likeness (QED) is 0.561. The van der Waals surface area contributed by atoms with Crippen molar-refractivity contribution in [1.29, 1.82) is 0 Å². The topological polar surface area (TPSA) is 52.1 Å². The zero-order valence-electron chi connectivity index (χ0n) is 6.45. The van der Waals surface area contributed by atoms with E-state index in [0.717, 1.165) is 5.56 Å². The minimum absolute atomic E-state index is 0.212. The van der Waals surface area contributed by atoms with Crippen LogP contribution in [0.15, 0.2) is 17.1 Å². The molecule has 0 spiro atoms. The summed E-state index contributed by atoms with van der Waals surface area (Å²) in [7, 11) is 1.35. The van der Waals surface area contributed by atoms with Gasteiger partial charge in [0, 0.05) is 12.4 Å². The molecule has 0 aliphatic rings. The molecule has 0 saturated heterocycles. The van der Waals surface area contributed by atoms with Gasteiger partial charge in [0.25, 0.3) is 0 Å². The maximum atomic E-state index is 10.8. The molecule has 1 aromatic rings. The SMILES string of the molecule is COC(=O)Cc1cnc(Br)nc1. The Labute approximate surface area is 78.1 Å². The molecule has 0 radical (unpaired) electrons. The molecule has 0 N–H and O–H groups in total. The first-order valence-electron chi connectivity index (χ1n) is 3.25. The van der Waals surface area contributed by atoms with E-state index in [9.17, 15) is 4.79 Å². The summed E-state index contributed by atoms with van der Waals surface area (Å²) in [6, 6.07) is 0. The molecular formula is C7H7BrN2O2. The molecule has 1 aromatic heterocycles. The molecule has 0 unspecified atom stereocenters. The first-order valence-corrected chi connectivity index (χ1v) is 4.05. The highest BCUT2D eigenvalue weighted by molar-refractivity contribution is 9.10. The number of ether oxygens (including phenoxy) is 1. The van der Waals surface area contributed by atoms with Crippen LogP contribution < -0.4 is 0 Å². The van der Waals surface area contributed by atoms with E-state index in [4.69, 9.17) is 0 Å². The predicted molar refractivity (Wildman–Crippen MR) is 45.5 cm³/mol. The van der Waals surface area contributed by atoms with Gasteiger partial charge < -0.3 is 4.74 Å². The number of rotatable bonds is 2. The molecule has 0 amide bonds. The van der Waals surface area contributed by atoms with Crippen LogP contribution in [0.5, 0.6) is 0 Å². The smallest absolute Gasteiger partial charge is 0.310 e. The van der Waals surface area contributed by atoms with Crippen molar-refractivity contribution in [3.05, 3.63) is 22.7 Å². The van der Waals surface area contributed by atoms with Gasteiger partial charge >= 0.3 is 5.97 Å². The second-order valence-corrected chi connectivity index (χ2v) is 2.82. The lowest BCUT2D eigenvalue weighted by molar-refractivity contribution is -0.139. The van der Waals surface area contributed by atoms with E-state index in [1.165, 1.54) is 7.11 Å². The first kappa shape index (κ1) is 9.12. The number of esters is 1. The Balaban J connectivity index is 2.64. The molecule has 0 aliphatic heterocycles. The van der Waals surface area contributed by atoms with E-state index in [2.05, 4.69) is 30.6 Å². The molecule has 0 atom stereocenters. The zero-order valence-corrected chi connectivity index (χ0v) is 8.04. The number of halogens is 1. The molecule has 0 fully saturated rings. The van der Waals surface area contributed by atoms with E-state index in [0.29, 0.717) is 4.73 Å². The van der Waals surface area contributed by atoms with Crippen molar-refractivity contribution < 1.29 is 9.53 Å². The number of methoxy groups -OCH3 is 1. The number of nitrogens with zero attached hydrogens (tertiary/aromatic N) is 2. The van der Waals surface area contributed by atoms with Gasteiger partial charge in [-0.1, -0.05) is 0 Å². The maximum absolute atomic E-state index is 10.8. The van der Waals surface area contributed by atoms with Crippen molar-refractivity contribution in [3.63, 3.8) is 0 Å². The summed E-state index contributed by atoms with van der Waals surface area (Å²) >= 11 is 3.09. The number of hydrogen-bond donors (Lipinski definition) is 0. The van der Waals surface area contributed by atoms with Crippen molar-refractivity contribution in [2.75, 3.05) is 7.11 Å². The first-order chi connectivity index (χ1) is 5.72. The summed E-state index contributed by atoms with van der Waals surface area (Å²) in [5, 5.41) is 0. The van der Waals surface area contributed by atoms with Crippen molar-refractivity contribution in [1.82, 2.24) is 9.97 Å². The van der Waals surface area contributed by atoms with E-state index in [1.807, 2.05) is 0 Å². The highest BCUT2D eigenvalue weighted by atomic mass is 79.9. The van der Waals surface area contributed by atoms with Crippen molar-refractivity contribution in [2.24, 2.45) is 0 Å². The van der Waals surface area contributed by atoms with Gasteiger partial charge in [-0.05, 0) is 21.5 Å². The predicted octanol–water partition coefficient (Wildman–Crippen LogP) is 0.955. The summed E-state index contributed by atoms with van der Waals surface area (Å²) < 4.78 is 4.99. The number of hydrogen-bond acceptors (Lipinski definition) is 4. The Morgan fingerprint density at radius 2 is 2.17 bits per heavy atom. The normalized spacial score (nSPS) is 9.50. The van der Waals surface area contributed by atoms with Crippen molar-refractivity contribution in [2.45, 2.75) is 6.42 Å². The molecule has 0 bridgehead atoms. The summed E-state index contributed by atoms with van der Waals surface area (Å²) in [6.07, 6.45) is 3.37. The Morgan fingerprint density at radius 1 is 1.58 bits per heavy atom. The Kier molecular flexibility index (Phi) is 3.16. The van der Waals surface area contributed by atoms with Gasteiger partial charge in [0.15, 0.2) is 4.73 Å². The highest BCUT2D eigenvalue weighted by Gasteiger charge is 2.02. The van der Waals surface area contributed by atoms with Crippen LogP contribution in [0, 0.1) is 0 Å². The van der Waals surface area contributed by atoms with E-state index in [1.54, 1.807) is 12.4 Å².